The van der Waals surface area contributed by atoms with Crippen LogP contribution in [-0.2, 0) is 0 Å². The number of rotatable bonds is 2. The number of hydrazine groups is 1. The van der Waals surface area contributed by atoms with Crippen molar-refractivity contribution in [2.75, 3.05) is 6.61 Å². The molecule has 2 aliphatic heterocycles. The number of nitrogens with zero attached hydrogens (tertiary/aromatic N) is 1. The standard InChI is InChI=1S/C15H22N2O2/c1-10-4-3-5-11(2)17(10)16-14-9-19-15-8-12(18)6-7-13(14)15/h6-8,10-11,14,16,18H,3-5,9H2,1-2H3. The van der Waals surface area contributed by atoms with E-state index in [9.17, 15) is 5.11 Å². The third-order valence-corrected chi connectivity index (χ3v) is 4.28. The third-order valence-electron chi connectivity index (χ3n) is 4.28. The van der Waals surface area contributed by atoms with Crippen molar-refractivity contribution >= 4 is 0 Å². The Morgan fingerprint density at radius 2 is 2.00 bits per heavy atom. The highest BCUT2D eigenvalue weighted by atomic mass is 16.5. The Kier molecular flexibility index (Phi) is 3.37. The Morgan fingerprint density at radius 3 is 2.74 bits per heavy atom. The van der Waals surface area contributed by atoms with Crippen LogP contribution in [0.4, 0.5) is 0 Å². The summed E-state index contributed by atoms with van der Waals surface area (Å²) in [5, 5.41) is 11.9. The second-order valence-corrected chi connectivity index (χ2v) is 5.75. The summed E-state index contributed by atoms with van der Waals surface area (Å²) in [5.41, 5.74) is 4.76. The van der Waals surface area contributed by atoms with E-state index in [-0.39, 0.29) is 11.8 Å². The highest BCUT2D eigenvalue weighted by Crippen LogP contribution is 2.35. The molecule has 3 rings (SSSR count). The molecule has 2 aliphatic rings. The van der Waals surface area contributed by atoms with Gasteiger partial charge in [0.15, 0.2) is 0 Å². The Balaban J connectivity index is 1.75. The van der Waals surface area contributed by atoms with Gasteiger partial charge in [-0.05, 0) is 38.8 Å². The molecule has 4 nitrogen and oxygen atoms in total. The molecule has 0 radical (unpaired) electrons. The van der Waals surface area contributed by atoms with E-state index in [1.54, 1.807) is 12.1 Å². The van der Waals surface area contributed by atoms with Crippen LogP contribution in [-0.4, -0.2) is 28.8 Å². The molecule has 0 aliphatic carbocycles. The van der Waals surface area contributed by atoms with Crippen molar-refractivity contribution in [3.05, 3.63) is 23.8 Å². The normalized spacial score (nSPS) is 30.9. The first kappa shape index (κ1) is 12.8. The van der Waals surface area contributed by atoms with Crippen LogP contribution >= 0.6 is 0 Å². The van der Waals surface area contributed by atoms with E-state index in [2.05, 4.69) is 24.3 Å². The van der Waals surface area contributed by atoms with E-state index in [1.807, 2.05) is 6.07 Å². The van der Waals surface area contributed by atoms with E-state index in [0.717, 1.165) is 11.3 Å². The van der Waals surface area contributed by atoms with Gasteiger partial charge in [-0.1, -0.05) is 6.42 Å². The SMILES string of the molecule is CC1CCCC(C)N1NC1COc2cc(O)ccc21. The number of aromatic hydroxyl groups is 1. The van der Waals surface area contributed by atoms with Crippen LogP contribution in [0.3, 0.4) is 0 Å². The molecule has 3 unspecified atom stereocenters. The summed E-state index contributed by atoms with van der Waals surface area (Å²) in [6.45, 7) is 5.18. The van der Waals surface area contributed by atoms with E-state index in [0.29, 0.717) is 18.7 Å². The molecule has 19 heavy (non-hydrogen) atoms. The first-order chi connectivity index (χ1) is 9.15. The molecule has 1 aromatic rings. The van der Waals surface area contributed by atoms with Crippen LogP contribution < -0.4 is 10.2 Å². The maximum absolute atomic E-state index is 9.48. The van der Waals surface area contributed by atoms with Crippen molar-refractivity contribution in [1.82, 2.24) is 10.4 Å². The summed E-state index contributed by atoms with van der Waals surface area (Å²) >= 11 is 0. The summed E-state index contributed by atoms with van der Waals surface area (Å²) in [6.07, 6.45) is 3.80. The average Bonchev–Trinajstić information content (AvgIpc) is 2.76. The lowest BCUT2D eigenvalue weighted by atomic mass is 9.99. The number of piperidine rings is 1. The van der Waals surface area contributed by atoms with Gasteiger partial charge in [0.05, 0.1) is 6.04 Å². The molecule has 104 valence electrons. The molecular formula is C15H22N2O2. The molecule has 0 aromatic heterocycles. The number of phenolic OH excluding ortho intramolecular Hbond substituents is 1. The number of benzene rings is 1. The smallest absolute Gasteiger partial charge is 0.128 e. The number of nitrogens with one attached hydrogen (secondary N) is 1. The maximum Gasteiger partial charge on any atom is 0.128 e. The zero-order chi connectivity index (χ0) is 13.4. The van der Waals surface area contributed by atoms with E-state index < -0.39 is 0 Å². The second kappa shape index (κ2) is 5.02. The van der Waals surface area contributed by atoms with E-state index >= 15 is 0 Å². The van der Waals surface area contributed by atoms with Crippen LogP contribution in [0.1, 0.15) is 44.7 Å². The summed E-state index contributed by atoms with van der Waals surface area (Å²) in [6, 6.07) is 6.69. The lowest BCUT2D eigenvalue weighted by Crippen LogP contribution is -2.53. The Bertz CT molecular complexity index is 453. The molecule has 0 amide bonds. The number of ether oxygens (including phenoxy) is 1. The van der Waals surface area contributed by atoms with Crippen molar-refractivity contribution in [3.63, 3.8) is 0 Å². The van der Waals surface area contributed by atoms with E-state index in [1.165, 1.54) is 19.3 Å². The quantitative estimate of drug-likeness (QED) is 0.860. The minimum Gasteiger partial charge on any atom is -0.508 e. The van der Waals surface area contributed by atoms with Crippen molar-refractivity contribution in [2.24, 2.45) is 0 Å². The van der Waals surface area contributed by atoms with Gasteiger partial charge in [-0.3, -0.25) is 0 Å². The number of phenols is 1. The first-order valence-electron chi connectivity index (χ1n) is 7.15. The number of hydrogen-bond donors (Lipinski definition) is 2. The molecule has 3 atom stereocenters. The minimum absolute atomic E-state index is 0.193. The maximum atomic E-state index is 9.48. The minimum atomic E-state index is 0.193. The molecule has 1 saturated heterocycles. The zero-order valence-electron chi connectivity index (χ0n) is 11.6. The highest BCUT2D eigenvalue weighted by Gasteiger charge is 2.31. The van der Waals surface area contributed by atoms with Crippen molar-refractivity contribution in [1.29, 1.82) is 0 Å². The van der Waals surface area contributed by atoms with Gasteiger partial charge < -0.3 is 9.84 Å². The van der Waals surface area contributed by atoms with Crippen molar-refractivity contribution < 1.29 is 9.84 Å². The average molecular weight is 262 g/mol. The highest BCUT2D eigenvalue weighted by molar-refractivity contribution is 5.44. The number of hydrogen-bond acceptors (Lipinski definition) is 4. The fourth-order valence-corrected chi connectivity index (χ4v) is 3.16. The molecule has 0 bridgehead atoms. The monoisotopic (exact) mass is 262 g/mol. The third kappa shape index (κ3) is 2.42. The van der Waals surface area contributed by atoms with E-state index in [4.69, 9.17) is 4.74 Å². The van der Waals surface area contributed by atoms with Gasteiger partial charge in [0.2, 0.25) is 0 Å². The molecule has 1 fully saturated rings. The molecule has 0 spiro atoms. The fraction of sp³-hybridized carbons (Fsp3) is 0.600. The van der Waals surface area contributed by atoms with Gasteiger partial charge in [0.1, 0.15) is 18.1 Å². The van der Waals surface area contributed by atoms with Crippen molar-refractivity contribution in [2.45, 2.75) is 51.2 Å². The van der Waals surface area contributed by atoms with Crippen LogP contribution in [0.25, 0.3) is 0 Å². The van der Waals surface area contributed by atoms with Gasteiger partial charge in [0, 0.05) is 23.7 Å². The van der Waals surface area contributed by atoms with Crippen molar-refractivity contribution in [3.8, 4) is 11.5 Å². The largest absolute Gasteiger partial charge is 0.508 e. The predicted molar refractivity (Wildman–Crippen MR) is 74.1 cm³/mol. The molecule has 0 saturated carbocycles. The summed E-state index contributed by atoms with van der Waals surface area (Å²) in [5.74, 6) is 1.06. The van der Waals surface area contributed by atoms with Crippen LogP contribution in [0.2, 0.25) is 0 Å². The molecule has 4 heteroatoms. The molecule has 2 heterocycles. The van der Waals surface area contributed by atoms with Gasteiger partial charge in [-0.2, -0.15) is 0 Å². The Morgan fingerprint density at radius 1 is 1.26 bits per heavy atom. The zero-order valence-corrected chi connectivity index (χ0v) is 11.6. The van der Waals surface area contributed by atoms with Gasteiger partial charge >= 0.3 is 0 Å². The van der Waals surface area contributed by atoms with Crippen LogP contribution in [0.15, 0.2) is 18.2 Å². The van der Waals surface area contributed by atoms with Crippen LogP contribution in [0.5, 0.6) is 11.5 Å². The first-order valence-corrected chi connectivity index (χ1v) is 7.15. The lowest BCUT2D eigenvalue weighted by Gasteiger charge is -2.40. The fourth-order valence-electron chi connectivity index (χ4n) is 3.16. The Labute approximate surface area is 114 Å². The summed E-state index contributed by atoms with van der Waals surface area (Å²) in [4.78, 5) is 0. The van der Waals surface area contributed by atoms with Crippen LogP contribution in [0, 0.1) is 0 Å². The Hall–Kier alpha value is -1.26. The molecule has 1 aromatic carbocycles. The topological polar surface area (TPSA) is 44.7 Å². The lowest BCUT2D eigenvalue weighted by molar-refractivity contribution is 0.0256. The second-order valence-electron chi connectivity index (χ2n) is 5.75. The summed E-state index contributed by atoms with van der Waals surface area (Å²) < 4.78 is 5.65. The molecular weight excluding hydrogens is 240 g/mol. The van der Waals surface area contributed by atoms with Gasteiger partial charge in [0.25, 0.3) is 0 Å². The van der Waals surface area contributed by atoms with Gasteiger partial charge in [-0.15, -0.1) is 0 Å². The summed E-state index contributed by atoms with van der Waals surface area (Å²) in [7, 11) is 0. The number of fused-ring (bicyclic) bond motifs is 1. The predicted octanol–water partition coefficient (Wildman–Crippen LogP) is 2.59. The molecule has 2 N–H and O–H groups in total. The van der Waals surface area contributed by atoms with Gasteiger partial charge in [-0.25, -0.2) is 10.4 Å².